The highest BCUT2D eigenvalue weighted by molar-refractivity contribution is 5.94. The number of pyridine rings is 1. The minimum absolute atomic E-state index is 0.512. The first kappa shape index (κ1) is 12.9. The van der Waals surface area contributed by atoms with Gasteiger partial charge in [-0.1, -0.05) is 18.2 Å². The van der Waals surface area contributed by atoms with Gasteiger partial charge in [0.2, 0.25) is 0 Å². The van der Waals surface area contributed by atoms with Gasteiger partial charge < -0.3 is 10.2 Å². The Kier molecular flexibility index (Phi) is 3.53. The summed E-state index contributed by atoms with van der Waals surface area (Å²) in [5.74, 6) is 0. The van der Waals surface area contributed by atoms with Gasteiger partial charge in [-0.2, -0.15) is 5.26 Å². The van der Waals surface area contributed by atoms with Crippen LogP contribution in [0.1, 0.15) is 18.4 Å². The Morgan fingerprint density at radius 1 is 1.45 bits per heavy atom. The van der Waals surface area contributed by atoms with Crippen molar-refractivity contribution in [2.45, 2.75) is 18.9 Å². The summed E-state index contributed by atoms with van der Waals surface area (Å²) < 4.78 is 0. The normalized spacial score (nSPS) is 18.1. The molecule has 4 nitrogen and oxygen atoms in total. The minimum atomic E-state index is 0.512. The molecule has 4 heteroatoms. The van der Waals surface area contributed by atoms with Gasteiger partial charge in [-0.15, -0.1) is 0 Å². The second-order valence-corrected chi connectivity index (χ2v) is 5.32. The van der Waals surface area contributed by atoms with Crippen molar-refractivity contribution < 1.29 is 0 Å². The van der Waals surface area contributed by atoms with E-state index in [0.717, 1.165) is 29.7 Å². The van der Waals surface area contributed by atoms with Gasteiger partial charge in [0.15, 0.2) is 0 Å². The molecule has 0 aliphatic carbocycles. The molecule has 1 saturated heterocycles. The van der Waals surface area contributed by atoms with Crippen LogP contribution in [0, 0.1) is 11.3 Å². The molecular formula is C16H18N4. The zero-order valence-corrected chi connectivity index (χ0v) is 11.6. The first-order valence-corrected chi connectivity index (χ1v) is 7.02. The van der Waals surface area contributed by atoms with Gasteiger partial charge in [0.1, 0.15) is 6.07 Å². The molecule has 0 bridgehead atoms. The van der Waals surface area contributed by atoms with Crippen molar-refractivity contribution in [3.63, 3.8) is 0 Å². The minimum Gasteiger partial charge on any atom is -0.371 e. The molecule has 1 aliphatic rings. The van der Waals surface area contributed by atoms with Crippen LogP contribution < -0.4 is 10.2 Å². The van der Waals surface area contributed by atoms with Crippen LogP contribution in [-0.2, 0) is 0 Å². The Hall–Kier alpha value is -2.12. The fraction of sp³-hybridized carbons (Fsp3) is 0.375. The molecule has 1 unspecified atom stereocenters. The second kappa shape index (κ2) is 5.48. The maximum absolute atomic E-state index is 9.36. The Balaban J connectivity index is 2.01. The second-order valence-electron chi connectivity index (χ2n) is 5.32. The van der Waals surface area contributed by atoms with Crippen LogP contribution in [-0.4, -0.2) is 31.2 Å². The first-order chi connectivity index (χ1) is 9.79. The summed E-state index contributed by atoms with van der Waals surface area (Å²) in [7, 11) is 2.06. The molecule has 1 atom stereocenters. The summed E-state index contributed by atoms with van der Waals surface area (Å²) in [4.78, 5) is 6.55. The van der Waals surface area contributed by atoms with E-state index in [1.807, 2.05) is 24.3 Å². The van der Waals surface area contributed by atoms with Gasteiger partial charge in [-0.25, -0.2) is 0 Å². The number of likely N-dealkylation sites (N-methyl/N-ethyl adjacent to an activating group) is 1. The summed E-state index contributed by atoms with van der Waals surface area (Å²) in [6, 6.07) is 10.8. The van der Waals surface area contributed by atoms with Crippen LogP contribution in [0.3, 0.4) is 0 Å². The zero-order chi connectivity index (χ0) is 13.9. The summed E-state index contributed by atoms with van der Waals surface area (Å²) in [5.41, 5.74) is 2.57. The molecule has 0 saturated carbocycles. The van der Waals surface area contributed by atoms with E-state index in [0.29, 0.717) is 11.6 Å². The average molecular weight is 266 g/mol. The van der Waals surface area contributed by atoms with Crippen LogP contribution >= 0.6 is 0 Å². The van der Waals surface area contributed by atoms with E-state index in [-0.39, 0.29) is 0 Å². The molecule has 1 fully saturated rings. The van der Waals surface area contributed by atoms with E-state index in [4.69, 9.17) is 0 Å². The van der Waals surface area contributed by atoms with E-state index in [2.05, 4.69) is 28.3 Å². The number of nitrogens with zero attached hydrogens (tertiary/aromatic N) is 3. The third-order valence-corrected chi connectivity index (χ3v) is 3.91. The van der Waals surface area contributed by atoms with Crippen molar-refractivity contribution in [1.29, 1.82) is 5.26 Å². The molecule has 1 N–H and O–H groups in total. The topological polar surface area (TPSA) is 52.0 Å². The van der Waals surface area contributed by atoms with Crippen molar-refractivity contribution in [2.24, 2.45) is 0 Å². The van der Waals surface area contributed by atoms with E-state index in [1.54, 1.807) is 6.20 Å². The Labute approximate surface area is 119 Å². The number of fused-ring (bicyclic) bond motifs is 1. The maximum Gasteiger partial charge on any atom is 0.103 e. The van der Waals surface area contributed by atoms with Crippen LogP contribution in [0.15, 0.2) is 30.5 Å². The lowest BCUT2D eigenvalue weighted by Crippen LogP contribution is -2.35. The number of nitriles is 1. The fourth-order valence-electron chi connectivity index (χ4n) is 2.95. The van der Waals surface area contributed by atoms with E-state index in [9.17, 15) is 5.26 Å². The smallest absolute Gasteiger partial charge is 0.103 e. The SMILES string of the molecule is CN(CC1CCCN1)c1c(C#N)cnc2ccccc12. The quantitative estimate of drug-likeness (QED) is 0.926. The monoisotopic (exact) mass is 266 g/mol. The van der Waals surface area contributed by atoms with E-state index in [1.165, 1.54) is 12.8 Å². The van der Waals surface area contributed by atoms with Gasteiger partial charge >= 0.3 is 0 Å². The zero-order valence-electron chi connectivity index (χ0n) is 11.6. The maximum atomic E-state index is 9.36. The molecule has 20 heavy (non-hydrogen) atoms. The molecule has 3 rings (SSSR count). The molecule has 1 aromatic heterocycles. The predicted octanol–water partition coefficient (Wildman–Crippen LogP) is 2.29. The fourth-order valence-corrected chi connectivity index (χ4v) is 2.95. The highest BCUT2D eigenvalue weighted by Gasteiger charge is 2.19. The molecule has 102 valence electrons. The van der Waals surface area contributed by atoms with Crippen LogP contribution in [0.25, 0.3) is 10.9 Å². The summed E-state index contributed by atoms with van der Waals surface area (Å²) >= 11 is 0. The molecule has 0 amide bonds. The van der Waals surface area contributed by atoms with E-state index >= 15 is 0 Å². The molecule has 0 spiro atoms. The van der Waals surface area contributed by atoms with Crippen molar-refractivity contribution in [2.75, 3.05) is 25.0 Å². The third-order valence-electron chi connectivity index (χ3n) is 3.91. The number of benzene rings is 1. The summed E-state index contributed by atoms with van der Waals surface area (Å²) in [6.07, 6.45) is 4.12. The van der Waals surface area contributed by atoms with Gasteiger partial charge in [-0.05, 0) is 25.5 Å². The van der Waals surface area contributed by atoms with Gasteiger partial charge in [0.05, 0.1) is 16.8 Å². The number of nitrogens with one attached hydrogen (secondary N) is 1. The number of para-hydroxylation sites is 1. The van der Waals surface area contributed by atoms with Crippen molar-refractivity contribution in [1.82, 2.24) is 10.3 Å². The number of hydrogen-bond donors (Lipinski definition) is 1. The van der Waals surface area contributed by atoms with Gasteiger partial charge in [0.25, 0.3) is 0 Å². The molecule has 1 aromatic carbocycles. The summed E-state index contributed by atoms with van der Waals surface area (Å²) in [5, 5.41) is 13.9. The van der Waals surface area contributed by atoms with Gasteiger partial charge in [0, 0.05) is 31.2 Å². The summed E-state index contributed by atoms with van der Waals surface area (Å²) in [6.45, 7) is 2.02. The third kappa shape index (κ3) is 2.33. The Bertz CT molecular complexity index is 653. The number of rotatable bonds is 3. The highest BCUT2D eigenvalue weighted by Crippen LogP contribution is 2.28. The molecule has 2 aromatic rings. The first-order valence-electron chi connectivity index (χ1n) is 7.02. The number of aromatic nitrogens is 1. The average Bonchev–Trinajstić information content (AvgIpc) is 2.98. The molecule has 2 heterocycles. The van der Waals surface area contributed by atoms with Crippen molar-refractivity contribution >= 4 is 16.6 Å². The van der Waals surface area contributed by atoms with Crippen LogP contribution in [0.2, 0.25) is 0 Å². The van der Waals surface area contributed by atoms with Crippen LogP contribution in [0.4, 0.5) is 5.69 Å². The molecular weight excluding hydrogens is 248 g/mol. The molecule has 1 aliphatic heterocycles. The number of hydrogen-bond acceptors (Lipinski definition) is 4. The molecule has 0 radical (unpaired) electrons. The Morgan fingerprint density at radius 3 is 3.05 bits per heavy atom. The highest BCUT2D eigenvalue weighted by atomic mass is 15.1. The Morgan fingerprint density at radius 2 is 2.30 bits per heavy atom. The largest absolute Gasteiger partial charge is 0.371 e. The van der Waals surface area contributed by atoms with E-state index < -0.39 is 0 Å². The standard InChI is InChI=1S/C16H18N4/c1-20(11-13-5-4-8-18-13)16-12(9-17)10-19-15-7-3-2-6-14(15)16/h2-3,6-7,10,13,18H,4-5,8,11H2,1H3. The van der Waals surface area contributed by atoms with Crippen LogP contribution in [0.5, 0.6) is 0 Å². The number of anilines is 1. The lowest BCUT2D eigenvalue weighted by Gasteiger charge is -2.25. The lowest BCUT2D eigenvalue weighted by molar-refractivity contribution is 0.600. The van der Waals surface area contributed by atoms with Crippen molar-refractivity contribution in [3.05, 3.63) is 36.0 Å². The van der Waals surface area contributed by atoms with Crippen molar-refractivity contribution in [3.8, 4) is 6.07 Å². The predicted molar refractivity (Wildman–Crippen MR) is 80.8 cm³/mol. The van der Waals surface area contributed by atoms with Gasteiger partial charge in [-0.3, -0.25) is 4.98 Å². The lowest BCUT2D eigenvalue weighted by atomic mass is 10.1.